The molecule has 23 heavy (non-hydrogen) atoms. The Morgan fingerprint density at radius 2 is 1.87 bits per heavy atom. The third kappa shape index (κ3) is 7.06. The fourth-order valence-electron chi connectivity index (χ4n) is 2.44. The molecule has 2 N–H and O–H groups in total. The van der Waals surface area contributed by atoms with Crippen LogP contribution in [-0.4, -0.2) is 24.2 Å². The molecule has 0 saturated heterocycles. The van der Waals surface area contributed by atoms with Crippen LogP contribution in [0.25, 0.3) is 0 Å². The van der Waals surface area contributed by atoms with Crippen LogP contribution in [0.3, 0.4) is 0 Å². The van der Waals surface area contributed by atoms with Crippen LogP contribution in [-0.2, 0) is 19.4 Å². The van der Waals surface area contributed by atoms with Crippen molar-refractivity contribution in [3.63, 3.8) is 0 Å². The Balaban J connectivity index is 2.63. The van der Waals surface area contributed by atoms with E-state index in [1.807, 2.05) is 0 Å². The molecule has 0 aliphatic heterocycles. The van der Waals surface area contributed by atoms with Crippen LogP contribution < -0.4 is 10.6 Å². The Hall–Kier alpha value is -1.52. The summed E-state index contributed by atoms with van der Waals surface area (Å²) in [4.78, 5) is 4.70. The lowest BCUT2D eigenvalue weighted by molar-refractivity contribution is 0.365. The minimum absolute atomic E-state index is 0.381. The van der Waals surface area contributed by atoms with E-state index in [2.05, 4.69) is 57.3 Å². The highest BCUT2D eigenvalue weighted by Crippen LogP contribution is 2.20. The molecule has 0 unspecified atom stereocenters. The maximum absolute atomic E-state index is 5.40. The Labute approximate surface area is 141 Å². The summed E-state index contributed by atoms with van der Waals surface area (Å²) >= 11 is 0. The highest BCUT2D eigenvalue weighted by atomic mass is 16.5. The molecular weight excluding hydrogens is 288 g/mol. The lowest BCUT2D eigenvalue weighted by atomic mass is 9.91. The number of aryl methyl sites for hydroxylation is 2. The zero-order valence-corrected chi connectivity index (χ0v) is 15.8. The van der Waals surface area contributed by atoms with E-state index in [1.54, 1.807) is 0 Å². The van der Waals surface area contributed by atoms with Crippen LogP contribution >= 0.6 is 0 Å². The highest BCUT2D eigenvalue weighted by Gasteiger charge is 2.13. The predicted molar refractivity (Wildman–Crippen MR) is 96.8 cm³/mol. The second kappa shape index (κ2) is 9.58. The summed E-state index contributed by atoms with van der Waals surface area (Å²) in [7, 11) is 0. The lowest BCUT2D eigenvalue weighted by Crippen LogP contribution is -2.38. The van der Waals surface area contributed by atoms with Gasteiger partial charge in [0.05, 0.1) is 12.2 Å². The number of guanidine groups is 1. The minimum Gasteiger partial charge on any atom is -0.361 e. The van der Waals surface area contributed by atoms with Crippen molar-refractivity contribution in [3.8, 4) is 0 Å². The fourth-order valence-corrected chi connectivity index (χ4v) is 2.44. The Morgan fingerprint density at radius 3 is 2.43 bits per heavy atom. The van der Waals surface area contributed by atoms with E-state index in [-0.39, 0.29) is 0 Å². The van der Waals surface area contributed by atoms with Gasteiger partial charge in [0.25, 0.3) is 0 Å². The summed E-state index contributed by atoms with van der Waals surface area (Å²) in [6, 6.07) is 0. The smallest absolute Gasteiger partial charge is 0.191 e. The standard InChI is InChI=1S/C18H34N4O/c1-7-15-14(16(8-2)23-22-15)13-21-17(19-9-3)20-12-10-11-18(4,5)6/h7-13H2,1-6H3,(H2,19,20,21). The first-order valence-corrected chi connectivity index (χ1v) is 8.89. The second-order valence-electron chi connectivity index (χ2n) is 7.02. The van der Waals surface area contributed by atoms with Gasteiger partial charge in [-0.1, -0.05) is 39.8 Å². The lowest BCUT2D eigenvalue weighted by Gasteiger charge is -2.18. The van der Waals surface area contributed by atoms with Crippen molar-refractivity contribution < 1.29 is 4.52 Å². The maximum atomic E-state index is 5.40. The number of hydrogen-bond donors (Lipinski definition) is 2. The molecule has 0 radical (unpaired) electrons. The Bertz CT molecular complexity index is 464. The summed E-state index contributed by atoms with van der Waals surface area (Å²) in [5, 5.41) is 10.9. The van der Waals surface area contributed by atoms with E-state index >= 15 is 0 Å². The molecule has 5 heteroatoms. The minimum atomic E-state index is 0.381. The Kier molecular flexibility index (Phi) is 8.13. The molecule has 5 nitrogen and oxygen atoms in total. The average Bonchev–Trinajstić information content (AvgIpc) is 2.89. The van der Waals surface area contributed by atoms with Crippen molar-refractivity contribution in [2.24, 2.45) is 10.4 Å². The molecule has 0 saturated carbocycles. The van der Waals surface area contributed by atoms with Crippen molar-refractivity contribution in [1.29, 1.82) is 0 Å². The van der Waals surface area contributed by atoms with Gasteiger partial charge in [-0.15, -0.1) is 0 Å². The van der Waals surface area contributed by atoms with Crippen molar-refractivity contribution in [2.45, 2.75) is 73.8 Å². The first-order valence-electron chi connectivity index (χ1n) is 8.89. The largest absolute Gasteiger partial charge is 0.361 e. The van der Waals surface area contributed by atoms with Gasteiger partial charge in [-0.2, -0.15) is 0 Å². The predicted octanol–water partition coefficient (Wildman–Crippen LogP) is 3.68. The van der Waals surface area contributed by atoms with Crippen LogP contribution in [0, 0.1) is 5.41 Å². The van der Waals surface area contributed by atoms with Crippen molar-refractivity contribution in [2.75, 3.05) is 13.1 Å². The molecule has 0 aliphatic rings. The van der Waals surface area contributed by atoms with Gasteiger partial charge in [0, 0.05) is 25.1 Å². The van der Waals surface area contributed by atoms with Crippen LogP contribution in [0.1, 0.15) is 71.4 Å². The number of hydrogen-bond acceptors (Lipinski definition) is 3. The quantitative estimate of drug-likeness (QED) is 0.435. The zero-order chi connectivity index (χ0) is 17.3. The SMILES string of the molecule is CCNC(=NCc1c(CC)noc1CC)NCCCC(C)(C)C. The number of rotatable bonds is 8. The van der Waals surface area contributed by atoms with Gasteiger partial charge >= 0.3 is 0 Å². The Morgan fingerprint density at radius 1 is 1.13 bits per heavy atom. The van der Waals surface area contributed by atoms with E-state index in [0.29, 0.717) is 12.0 Å². The average molecular weight is 322 g/mol. The number of aromatic nitrogens is 1. The van der Waals surface area contributed by atoms with Gasteiger partial charge in [-0.25, -0.2) is 4.99 Å². The third-order valence-corrected chi connectivity index (χ3v) is 3.74. The summed E-state index contributed by atoms with van der Waals surface area (Å²) in [5.74, 6) is 1.82. The van der Waals surface area contributed by atoms with Crippen LogP contribution in [0.15, 0.2) is 9.52 Å². The summed E-state index contributed by atoms with van der Waals surface area (Å²) in [6.45, 7) is 15.5. The van der Waals surface area contributed by atoms with Crippen molar-refractivity contribution >= 4 is 5.96 Å². The van der Waals surface area contributed by atoms with Crippen LogP contribution in [0.5, 0.6) is 0 Å². The van der Waals surface area contributed by atoms with E-state index in [1.165, 1.54) is 6.42 Å². The van der Waals surface area contributed by atoms with Crippen LogP contribution in [0.2, 0.25) is 0 Å². The highest BCUT2D eigenvalue weighted by molar-refractivity contribution is 5.79. The molecule has 1 aromatic heterocycles. The molecule has 1 rings (SSSR count). The molecule has 0 atom stereocenters. The van der Waals surface area contributed by atoms with Crippen LogP contribution in [0.4, 0.5) is 0 Å². The van der Waals surface area contributed by atoms with E-state index in [0.717, 1.165) is 55.3 Å². The molecule has 0 aliphatic carbocycles. The topological polar surface area (TPSA) is 62.5 Å². The second-order valence-corrected chi connectivity index (χ2v) is 7.02. The normalized spacial score (nSPS) is 12.5. The van der Waals surface area contributed by atoms with E-state index < -0.39 is 0 Å². The fraction of sp³-hybridized carbons (Fsp3) is 0.778. The number of nitrogens with one attached hydrogen (secondary N) is 2. The van der Waals surface area contributed by atoms with E-state index in [4.69, 9.17) is 9.52 Å². The van der Waals surface area contributed by atoms with Gasteiger partial charge in [0.15, 0.2) is 5.96 Å². The number of aliphatic imine (C=N–C) groups is 1. The molecule has 1 heterocycles. The van der Waals surface area contributed by atoms with E-state index in [9.17, 15) is 0 Å². The molecule has 0 bridgehead atoms. The van der Waals surface area contributed by atoms with Gasteiger partial charge in [0.2, 0.25) is 0 Å². The van der Waals surface area contributed by atoms with Gasteiger partial charge in [0.1, 0.15) is 5.76 Å². The van der Waals surface area contributed by atoms with Gasteiger partial charge < -0.3 is 15.2 Å². The molecule has 0 amide bonds. The van der Waals surface area contributed by atoms with Gasteiger partial charge in [-0.05, 0) is 31.6 Å². The maximum Gasteiger partial charge on any atom is 0.191 e. The molecule has 1 aromatic rings. The summed E-state index contributed by atoms with van der Waals surface area (Å²) < 4.78 is 5.40. The molecule has 0 spiro atoms. The molecule has 0 fully saturated rings. The number of nitrogens with zero attached hydrogens (tertiary/aromatic N) is 2. The molecule has 0 aromatic carbocycles. The molecular formula is C18H34N4O. The third-order valence-electron chi connectivity index (χ3n) is 3.74. The monoisotopic (exact) mass is 322 g/mol. The first-order chi connectivity index (χ1) is 10.9. The van der Waals surface area contributed by atoms with Gasteiger partial charge in [-0.3, -0.25) is 0 Å². The summed E-state index contributed by atoms with van der Waals surface area (Å²) in [6.07, 6.45) is 4.07. The van der Waals surface area contributed by atoms with Crippen molar-refractivity contribution in [3.05, 3.63) is 17.0 Å². The first kappa shape index (κ1) is 19.5. The molecule has 132 valence electrons. The zero-order valence-electron chi connectivity index (χ0n) is 15.8. The summed E-state index contributed by atoms with van der Waals surface area (Å²) in [5.41, 5.74) is 2.54. The van der Waals surface area contributed by atoms with Crippen molar-refractivity contribution in [1.82, 2.24) is 15.8 Å².